The van der Waals surface area contributed by atoms with Crippen LogP contribution in [0.1, 0.15) is 62.5 Å². The summed E-state index contributed by atoms with van der Waals surface area (Å²) in [6, 6.07) is 5.36. The van der Waals surface area contributed by atoms with Gasteiger partial charge in [-0.25, -0.2) is 4.79 Å². The molecular weight excluding hydrogens is 318 g/mol. The number of hydrogen-bond donors (Lipinski definition) is 0. The molecule has 6 heteroatoms. The predicted octanol–water partition coefficient (Wildman–Crippen LogP) is 3.31. The van der Waals surface area contributed by atoms with Crippen LogP contribution in [0, 0.1) is 17.2 Å². The van der Waals surface area contributed by atoms with E-state index in [0.29, 0.717) is 18.4 Å². The van der Waals surface area contributed by atoms with Crippen LogP contribution in [0.25, 0.3) is 0 Å². The molecule has 2 aliphatic heterocycles. The second-order valence-electron chi connectivity index (χ2n) is 7.82. The number of piperidine rings is 1. The molecule has 3 heterocycles. The maximum atomic E-state index is 12.9. The first-order valence-corrected chi connectivity index (χ1v) is 8.71. The number of ether oxygens (including phenoxy) is 1. The van der Waals surface area contributed by atoms with Gasteiger partial charge < -0.3 is 9.64 Å². The largest absolute Gasteiger partial charge is 0.444 e. The first-order valence-electron chi connectivity index (χ1n) is 8.71. The fraction of sp³-hybridized carbons (Fsp3) is 0.579. The maximum Gasteiger partial charge on any atom is 0.410 e. The Morgan fingerprint density at radius 3 is 2.48 bits per heavy atom. The van der Waals surface area contributed by atoms with E-state index in [9.17, 15) is 14.9 Å². The van der Waals surface area contributed by atoms with Crippen molar-refractivity contribution in [3.05, 3.63) is 29.6 Å². The smallest absolute Gasteiger partial charge is 0.410 e. The van der Waals surface area contributed by atoms with Crippen molar-refractivity contribution in [2.24, 2.45) is 5.92 Å². The summed E-state index contributed by atoms with van der Waals surface area (Å²) in [5, 5.41) is 9.19. The highest BCUT2D eigenvalue weighted by Crippen LogP contribution is 2.40. The van der Waals surface area contributed by atoms with Gasteiger partial charge in [-0.3, -0.25) is 9.78 Å². The zero-order chi connectivity index (χ0) is 18.2. The summed E-state index contributed by atoms with van der Waals surface area (Å²) in [7, 11) is 0. The molecule has 25 heavy (non-hydrogen) atoms. The van der Waals surface area contributed by atoms with Crippen LogP contribution in [0.2, 0.25) is 0 Å². The summed E-state index contributed by atoms with van der Waals surface area (Å²) in [6.45, 7) is 5.56. The third-order valence-corrected chi connectivity index (χ3v) is 4.87. The van der Waals surface area contributed by atoms with Crippen LogP contribution in [0.15, 0.2) is 18.3 Å². The maximum absolute atomic E-state index is 12.9. The number of ketones is 1. The monoisotopic (exact) mass is 341 g/mol. The van der Waals surface area contributed by atoms with Gasteiger partial charge in [-0.2, -0.15) is 5.26 Å². The molecule has 2 bridgehead atoms. The lowest BCUT2D eigenvalue weighted by molar-refractivity contribution is 0.00250. The zero-order valence-corrected chi connectivity index (χ0v) is 14.9. The Bertz CT molecular complexity index is 718. The number of carbonyl (C=O) groups excluding carboxylic acids is 2. The van der Waals surface area contributed by atoms with Crippen LogP contribution in [0.5, 0.6) is 0 Å². The molecule has 132 valence electrons. The average molecular weight is 341 g/mol. The summed E-state index contributed by atoms with van der Waals surface area (Å²) < 4.78 is 5.52. The lowest BCUT2D eigenvalue weighted by Crippen LogP contribution is -2.49. The molecule has 0 aromatic carbocycles. The van der Waals surface area contributed by atoms with Gasteiger partial charge >= 0.3 is 6.09 Å². The Morgan fingerprint density at radius 2 is 1.92 bits per heavy atom. The van der Waals surface area contributed by atoms with Crippen molar-refractivity contribution in [1.29, 1.82) is 5.26 Å². The molecule has 6 nitrogen and oxygen atoms in total. The van der Waals surface area contributed by atoms with Crippen LogP contribution in [-0.2, 0) is 4.74 Å². The molecule has 0 radical (unpaired) electrons. The molecule has 0 aliphatic carbocycles. The molecule has 2 saturated heterocycles. The van der Waals surface area contributed by atoms with E-state index in [2.05, 4.69) is 4.98 Å². The van der Waals surface area contributed by atoms with Crippen molar-refractivity contribution in [1.82, 2.24) is 9.88 Å². The predicted molar refractivity (Wildman–Crippen MR) is 90.9 cm³/mol. The van der Waals surface area contributed by atoms with Gasteiger partial charge in [-0.05, 0) is 58.6 Å². The van der Waals surface area contributed by atoms with Crippen molar-refractivity contribution < 1.29 is 14.3 Å². The summed E-state index contributed by atoms with van der Waals surface area (Å²) in [5.74, 6) is -0.281. The normalized spacial score (nSPS) is 25.4. The SMILES string of the molecule is CC(C)(C)OC(=O)N1C2CCC1CC(C(=O)c1ncccc1C#N)C2. The molecule has 3 rings (SSSR count). The van der Waals surface area contributed by atoms with Crippen LogP contribution in [0.3, 0.4) is 0 Å². The number of nitriles is 1. The van der Waals surface area contributed by atoms with Gasteiger partial charge in [0.2, 0.25) is 0 Å². The second-order valence-corrected chi connectivity index (χ2v) is 7.82. The minimum Gasteiger partial charge on any atom is -0.444 e. The first kappa shape index (κ1) is 17.4. The standard InChI is InChI=1S/C19H23N3O3/c1-19(2,3)25-18(24)22-14-6-7-15(22)10-13(9-14)17(23)16-12(11-20)5-4-8-21-16/h4-5,8,13-15H,6-7,9-10H2,1-3H3. The zero-order valence-electron chi connectivity index (χ0n) is 14.9. The average Bonchev–Trinajstić information content (AvgIpc) is 2.83. The Labute approximate surface area is 147 Å². The number of rotatable bonds is 2. The van der Waals surface area contributed by atoms with Crippen molar-refractivity contribution >= 4 is 11.9 Å². The molecular formula is C19H23N3O3. The molecule has 2 atom stereocenters. The van der Waals surface area contributed by atoms with Gasteiger partial charge in [0.25, 0.3) is 0 Å². The fourth-order valence-electron chi connectivity index (χ4n) is 3.89. The minimum absolute atomic E-state index is 0.0248. The van der Waals surface area contributed by atoms with Crippen LogP contribution in [0.4, 0.5) is 4.79 Å². The second kappa shape index (κ2) is 6.47. The molecule has 2 aliphatic rings. The Balaban J connectivity index is 1.75. The van der Waals surface area contributed by atoms with Crippen LogP contribution in [-0.4, -0.2) is 39.4 Å². The van der Waals surface area contributed by atoms with Gasteiger partial charge in [0.15, 0.2) is 5.78 Å². The van der Waals surface area contributed by atoms with Crippen molar-refractivity contribution in [2.75, 3.05) is 0 Å². The van der Waals surface area contributed by atoms with Gasteiger partial charge in [0.05, 0.1) is 5.56 Å². The third-order valence-electron chi connectivity index (χ3n) is 4.87. The van der Waals surface area contributed by atoms with E-state index in [1.807, 2.05) is 31.7 Å². The Morgan fingerprint density at radius 1 is 1.28 bits per heavy atom. The summed E-state index contributed by atoms with van der Waals surface area (Å²) in [6.07, 6.45) is 4.24. The first-order chi connectivity index (χ1) is 11.8. The number of Topliss-reactive ketones (excluding diaryl/α,β-unsaturated/α-hetero) is 1. The summed E-state index contributed by atoms with van der Waals surface area (Å²) >= 11 is 0. The van der Waals surface area contributed by atoms with E-state index in [1.165, 1.54) is 0 Å². The molecule has 0 saturated carbocycles. The number of nitrogens with zero attached hydrogens (tertiary/aromatic N) is 3. The number of pyridine rings is 1. The topological polar surface area (TPSA) is 83.3 Å². The van der Waals surface area contributed by atoms with Gasteiger partial charge in [-0.15, -0.1) is 0 Å². The minimum atomic E-state index is -0.529. The highest BCUT2D eigenvalue weighted by Gasteiger charge is 2.46. The van der Waals surface area contributed by atoms with Gasteiger partial charge in [0, 0.05) is 24.2 Å². The Hall–Kier alpha value is -2.42. The van der Waals surface area contributed by atoms with E-state index in [0.717, 1.165) is 12.8 Å². The molecule has 0 N–H and O–H groups in total. The van der Waals surface area contributed by atoms with Crippen molar-refractivity contribution in [2.45, 2.75) is 64.1 Å². The van der Waals surface area contributed by atoms with E-state index >= 15 is 0 Å². The van der Waals surface area contributed by atoms with Crippen LogP contribution >= 0.6 is 0 Å². The van der Waals surface area contributed by atoms with E-state index in [-0.39, 0.29) is 35.6 Å². The quantitative estimate of drug-likeness (QED) is 0.771. The lowest BCUT2D eigenvalue weighted by Gasteiger charge is -2.39. The Kier molecular flexibility index (Phi) is 4.51. The highest BCUT2D eigenvalue weighted by molar-refractivity contribution is 5.98. The third kappa shape index (κ3) is 3.51. The molecule has 0 spiro atoms. The molecule has 1 amide bonds. The highest BCUT2D eigenvalue weighted by atomic mass is 16.6. The van der Waals surface area contributed by atoms with Gasteiger partial charge in [0.1, 0.15) is 17.4 Å². The van der Waals surface area contributed by atoms with Crippen molar-refractivity contribution in [3.63, 3.8) is 0 Å². The fourth-order valence-corrected chi connectivity index (χ4v) is 3.89. The number of hydrogen-bond acceptors (Lipinski definition) is 5. The molecule has 1 aromatic rings. The molecule has 2 fully saturated rings. The molecule has 1 aromatic heterocycles. The lowest BCUT2D eigenvalue weighted by atomic mass is 9.85. The van der Waals surface area contributed by atoms with E-state index in [1.54, 1.807) is 18.3 Å². The van der Waals surface area contributed by atoms with E-state index < -0.39 is 5.60 Å². The summed E-state index contributed by atoms with van der Waals surface area (Å²) in [5.41, 5.74) is 0.0355. The van der Waals surface area contributed by atoms with E-state index in [4.69, 9.17) is 4.74 Å². The molecule has 2 unspecified atom stereocenters. The number of carbonyl (C=O) groups is 2. The number of fused-ring (bicyclic) bond motifs is 2. The van der Waals surface area contributed by atoms with Crippen molar-refractivity contribution in [3.8, 4) is 6.07 Å². The van der Waals surface area contributed by atoms with Gasteiger partial charge in [-0.1, -0.05) is 0 Å². The summed E-state index contributed by atoms with van der Waals surface area (Å²) in [4.78, 5) is 31.3. The van der Waals surface area contributed by atoms with Crippen LogP contribution < -0.4 is 0 Å². The number of amides is 1. The number of aromatic nitrogens is 1.